The van der Waals surface area contributed by atoms with Gasteiger partial charge in [-0.2, -0.15) is 0 Å². The van der Waals surface area contributed by atoms with Crippen molar-refractivity contribution in [2.24, 2.45) is 0 Å². The van der Waals surface area contributed by atoms with Gasteiger partial charge in [0.05, 0.1) is 5.76 Å². The molecule has 2 aromatic rings. The number of hydrogen-bond acceptors (Lipinski definition) is 3. The van der Waals surface area contributed by atoms with E-state index in [4.69, 9.17) is 0 Å². The van der Waals surface area contributed by atoms with E-state index < -0.39 is 5.60 Å². The van der Waals surface area contributed by atoms with Gasteiger partial charge >= 0.3 is 0 Å². The minimum absolute atomic E-state index is 0.0550. The molecule has 0 amide bonds. The first-order valence-corrected chi connectivity index (χ1v) is 6.76. The van der Waals surface area contributed by atoms with Crippen molar-refractivity contribution in [3.05, 3.63) is 83.6 Å². The second-order valence-corrected chi connectivity index (χ2v) is 5.02. The molecule has 3 heteroatoms. The van der Waals surface area contributed by atoms with Crippen LogP contribution in [-0.2, 0) is 10.4 Å². The number of carbonyl (C=O) groups is 1. The molecular weight excluding hydrogens is 264 g/mol. The predicted octanol–water partition coefficient (Wildman–Crippen LogP) is 3.34. The molecule has 0 unspecified atom stereocenters. The SMILES string of the molecule is CC(=O)/C=C(\O)CC(O)(c1ccccc1)c1ccccc1. The molecule has 0 atom stereocenters. The lowest BCUT2D eigenvalue weighted by Crippen LogP contribution is -2.28. The van der Waals surface area contributed by atoms with Gasteiger partial charge in [-0.25, -0.2) is 0 Å². The van der Waals surface area contributed by atoms with Gasteiger partial charge in [-0.1, -0.05) is 60.7 Å². The number of aliphatic hydroxyl groups is 2. The summed E-state index contributed by atoms with van der Waals surface area (Å²) in [6.07, 6.45) is 1.08. The van der Waals surface area contributed by atoms with E-state index in [1.807, 2.05) is 36.4 Å². The van der Waals surface area contributed by atoms with Crippen LogP contribution in [0.5, 0.6) is 0 Å². The van der Waals surface area contributed by atoms with E-state index in [9.17, 15) is 15.0 Å². The standard InChI is InChI=1S/C18H18O3/c1-14(19)12-17(20)13-18(21,15-8-4-2-5-9-15)16-10-6-3-7-11-16/h2-12,20-21H,13H2,1H3/b17-12-. The molecule has 2 N–H and O–H groups in total. The van der Waals surface area contributed by atoms with Crippen molar-refractivity contribution in [3.63, 3.8) is 0 Å². The molecule has 0 fully saturated rings. The minimum atomic E-state index is -1.38. The molecule has 0 radical (unpaired) electrons. The second kappa shape index (κ2) is 6.37. The molecule has 0 heterocycles. The van der Waals surface area contributed by atoms with Crippen molar-refractivity contribution >= 4 is 5.78 Å². The number of benzene rings is 2. The van der Waals surface area contributed by atoms with Crippen molar-refractivity contribution in [1.29, 1.82) is 0 Å². The van der Waals surface area contributed by atoms with Crippen LogP contribution in [0.1, 0.15) is 24.5 Å². The molecule has 0 aromatic heterocycles. The first-order chi connectivity index (χ1) is 10.0. The Kier molecular flexibility index (Phi) is 4.55. The monoisotopic (exact) mass is 282 g/mol. The number of ketones is 1. The smallest absolute Gasteiger partial charge is 0.155 e. The van der Waals surface area contributed by atoms with E-state index in [2.05, 4.69) is 0 Å². The van der Waals surface area contributed by atoms with Gasteiger partial charge in [-0.3, -0.25) is 4.79 Å². The van der Waals surface area contributed by atoms with Crippen molar-refractivity contribution in [3.8, 4) is 0 Å². The average molecular weight is 282 g/mol. The fourth-order valence-corrected chi connectivity index (χ4v) is 2.35. The van der Waals surface area contributed by atoms with Crippen molar-refractivity contribution in [2.75, 3.05) is 0 Å². The van der Waals surface area contributed by atoms with E-state index in [-0.39, 0.29) is 18.0 Å². The Balaban J connectivity index is 2.48. The molecule has 2 rings (SSSR count). The predicted molar refractivity (Wildman–Crippen MR) is 81.9 cm³/mol. The molecule has 0 aliphatic heterocycles. The average Bonchev–Trinajstić information content (AvgIpc) is 2.48. The zero-order valence-electron chi connectivity index (χ0n) is 11.9. The molecule has 21 heavy (non-hydrogen) atoms. The molecule has 0 bridgehead atoms. The number of carbonyl (C=O) groups excluding carboxylic acids is 1. The molecule has 3 nitrogen and oxygen atoms in total. The van der Waals surface area contributed by atoms with E-state index in [1.54, 1.807) is 24.3 Å². The van der Waals surface area contributed by atoms with Crippen LogP contribution < -0.4 is 0 Å². The van der Waals surface area contributed by atoms with Gasteiger partial charge in [0.15, 0.2) is 5.78 Å². The van der Waals surface area contributed by atoms with Crippen LogP contribution in [0.15, 0.2) is 72.5 Å². The summed E-state index contributed by atoms with van der Waals surface area (Å²) in [5.74, 6) is -0.395. The lowest BCUT2D eigenvalue weighted by atomic mass is 9.83. The van der Waals surface area contributed by atoms with Crippen LogP contribution in [0.2, 0.25) is 0 Å². The van der Waals surface area contributed by atoms with E-state index in [0.29, 0.717) is 11.1 Å². The fraction of sp³-hybridized carbons (Fsp3) is 0.167. The lowest BCUT2D eigenvalue weighted by molar-refractivity contribution is -0.112. The maximum absolute atomic E-state index is 11.1. The van der Waals surface area contributed by atoms with Gasteiger partial charge in [0.25, 0.3) is 0 Å². The third-order valence-corrected chi connectivity index (χ3v) is 3.31. The summed E-state index contributed by atoms with van der Waals surface area (Å²) in [7, 11) is 0. The van der Waals surface area contributed by atoms with Gasteiger partial charge in [0.2, 0.25) is 0 Å². The van der Waals surface area contributed by atoms with Crippen LogP contribution in [0, 0.1) is 0 Å². The van der Waals surface area contributed by atoms with Gasteiger partial charge in [-0.15, -0.1) is 0 Å². The first kappa shape index (κ1) is 15.0. The molecule has 108 valence electrons. The maximum Gasteiger partial charge on any atom is 0.155 e. The number of aliphatic hydroxyl groups excluding tert-OH is 1. The lowest BCUT2D eigenvalue weighted by Gasteiger charge is -2.29. The van der Waals surface area contributed by atoms with Crippen LogP contribution in [-0.4, -0.2) is 16.0 Å². The Morgan fingerprint density at radius 2 is 1.43 bits per heavy atom. The van der Waals surface area contributed by atoms with E-state index in [0.717, 1.165) is 6.08 Å². The number of hydrogen-bond donors (Lipinski definition) is 2. The highest BCUT2D eigenvalue weighted by Crippen LogP contribution is 2.34. The topological polar surface area (TPSA) is 57.5 Å². The maximum atomic E-state index is 11.1. The summed E-state index contributed by atoms with van der Waals surface area (Å²) >= 11 is 0. The Bertz CT molecular complexity index is 591. The molecule has 0 aliphatic carbocycles. The summed E-state index contributed by atoms with van der Waals surface area (Å²) in [6, 6.07) is 18.2. The largest absolute Gasteiger partial charge is 0.512 e. The van der Waals surface area contributed by atoms with Crippen LogP contribution in [0.3, 0.4) is 0 Å². The summed E-state index contributed by atoms with van der Waals surface area (Å²) in [6.45, 7) is 1.36. The Hall–Kier alpha value is -2.39. The highest BCUT2D eigenvalue weighted by Gasteiger charge is 2.32. The van der Waals surface area contributed by atoms with E-state index in [1.165, 1.54) is 6.92 Å². The van der Waals surface area contributed by atoms with Gasteiger partial charge < -0.3 is 10.2 Å². The minimum Gasteiger partial charge on any atom is -0.512 e. The third kappa shape index (κ3) is 3.58. The number of allylic oxidation sites excluding steroid dienone is 1. The normalized spacial score (nSPS) is 12.2. The molecular formula is C18H18O3. The van der Waals surface area contributed by atoms with Crippen molar-refractivity contribution in [1.82, 2.24) is 0 Å². The second-order valence-electron chi connectivity index (χ2n) is 5.02. The Morgan fingerprint density at radius 3 is 1.81 bits per heavy atom. The van der Waals surface area contributed by atoms with Gasteiger partial charge in [-0.05, 0) is 18.1 Å². The van der Waals surface area contributed by atoms with Crippen LogP contribution in [0.4, 0.5) is 0 Å². The summed E-state index contributed by atoms with van der Waals surface area (Å²) in [5.41, 5.74) is -0.0437. The van der Waals surface area contributed by atoms with Gasteiger partial charge in [0, 0.05) is 12.5 Å². The zero-order chi connectivity index (χ0) is 15.3. The van der Waals surface area contributed by atoms with Gasteiger partial charge in [0.1, 0.15) is 5.60 Å². The fourth-order valence-electron chi connectivity index (χ4n) is 2.35. The molecule has 2 aromatic carbocycles. The quantitative estimate of drug-likeness (QED) is 0.653. The van der Waals surface area contributed by atoms with Crippen molar-refractivity contribution in [2.45, 2.75) is 18.9 Å². The highest BCUT2D eigenvalue weighted by atomic mass is 16.3. The zero-order valence-corrected chi connectivity index (χ0v) is 11.9. The van der Waals surface area contributed by atoms with Crippen LogP contribution >= 0.6 is 0 Å². The first-order valence-electron chi connectivity index (χ1n) is 6.76. The molecule has 0 aliphatic rings. The van der Waals surface area contributed by atoms with Crippen molar-refractivity contribution < 1.29 is 15.0 Å². The summed E-state index contributed by atoms with van der Waals surface area (Å²) in [5, 5.41) is 21.1. The summed E-state index contributed by atoms with van der Waals surface area (Å²) < 4.78 is 0. The third-order valence-electron chi connectivity index (χ3n) is 3.31. The van der Waals surface area contributed by atoms with Crippen LogP contribution in [0.25, 0.3) is 0 Å². The number of rotatable bonds is 5. The molecule has 0 saturated carbocycles. The highest BCUT2D eigenvalue weighted by molar-refractivity contribution is 5.87. The summed E-state index contributed by atoms with van der Waals surface area (Å²) in [4.78, 5) is 11.1. The Labute approximate surface area is 124 Å². The Morgan fingerprint density at radius 1 is 1.00 bits per heavy atom. The molecule has 0 saturated heterocycles. The van der Waals surface area contributed by atoms with E-state index >= 15 is 0 Å². The molecule has 0 spiro atoms.